The van der Waals surface area contributed by atoms with Gasteiger partial charge in [-0.3, -0.25) is 9.52 Å². The van der Waals surface area contributed by atoms with Crippen molar-refractivity contribution in [3.8, 4) is 0 Å². The van der Waals surface area contributed by atoms with E-state index >= 15 is 0 Å². The number of hydrogen-bond acceptors (Lipinski definition) is 4. The predicted octanol–water partition coefficient (Wildman–Crippen LogP) is 2.17. The summed E-state index contributed by atoms with van der Waals surface area (Å²) in [6.07, 6.45) is 4.36. The second kappa shape index (κ2) is 8.18. The first-order valence-corrected chi connectivity index (χ1v) is 10.3. The van der Waals surface area contributed by atoms with Gasteiger partial charge in [0.1, 0.15) is 0 Å². The molecule has 134 valence electrons. The SMILES string of the molecule is CN1CCC(CCNC(=O)c2ccc(NS(C)(=O)=O)c(Cl)c2)CC1. The lowest BCUT2D eigenvalue weighted by molar-refractivity contribution is 0.0949. The number of likely N-dealkylation sites (tertiary alicyclic amines) is 1. The average Bonchev–Trinajstić information content (AvgIpc) is 2.50. The second-order valence-corrected chi connectivity index (χ2v) is 8.52. The first-order valence-electron chi connectivity index (χ1n) is 7.98. The number of nitrogens with one attached hydrogen (secondary N) is 2. The molecule has 1 aliphatic heterocycles. The molecule has 2 N–H and O–H groups in total. The Morgan fingerprint density at radius 2 is 2.00 bits per heavy atom. The minimum Gasteiger partial charge on any atom is -0.352 e. The lowest BCUT2D eigenvalue weighted by Gasteiger charge is -2.28. The first-order chi connectivity index (χ1) is 11.2. The molecule has 1 fully saturated rings. The van der Waals surface area contributed by atoms with Crippen LogP contribution < -0.4 is 10.0 Å². The molecule has 6 nitrogen and oxygen atoms in total. The highest BCUT2D eigenvalue weighted by Gasteiger charge is 2.17. The molecule has 1 amide bonds. The standard InChI is InChI=1S/C16H24ClN3O3S/c1-20-9-6-12(7-10-20)5-8-18-16(21)13-3-4-15(14(17)11-13)19-24(2,22)23/h3-4,11-12,19H,5-10H2,1-2H3,(H,18,21). The van der Waals surface area contributed by atoms with Crippen LogP contribution in [-0.2, 0) is 10.0 Å². The third-order valence-corrected chi connectivity index (χ3v) is 5.11. The number of nitrogens with zero attached hydrogens (tertiary/aromatic N) is 1. The maximum absolute atomic E-state index is 12.2. The summed E-state index contributed by atoms with van der Waals surface area (Å²) >= 11 is 6.04. The molecular weight excluding hydrogens is 350 g/mol. The summed E-state index contributed by atoms with van der Waals surface area (Å²) in [4.78, 5) is 14.5. The monoisotopic (exact) mass is 373 g/mol. The van der Waals surface area contributed by atoms with Crippen LogP contribution in [0.2, 0.25) is 5.02 Å². The van der Waals surface area contributed by atoms with Crippen molar-refractivity contribution in [3.05, 3.63) is 28.8 Å². The fourth-order valence-electron chi connectivity index (χ4n) is 2.78. The van der Waals surface area contributed by atoms with Crippen molar-refractivity contribution in [3.63, 3.8) is 0 Å². The highest BCUT2D eigenvalue weighted by molar-refractivity contribution is 7.92. The first kappa shape index (κ1) is 19.0. The zero-order valence-corrected chi connectivity index (χ0v) is 15.6. The number of benzene rings is 1. The number of halogens is 1. The number of rotatable bonds is 6. The van der Waals surface area contributed by atoms with E-state index in [1.807, 2.05) is 0 Å². The number of amides is 1. The minimum atomic E-state index is -3.40. The van der Waals surface area contributed by atoms with Crippen molar-refractivity contribution in [2.24, 2.45) is 5.92 Å². The zero-order valence-electron chi connectivity index (χ0n) is 14.0. The van der Waals surface area contributed by atoms with Gasteiger partial charge in [-0.2, -0.15) is 0 Å². The fraction of sp³-hybridized carbons (Fsp3) is 0.562. The van der Waals surface area contributed by atoms with Crippen LogP contribution in [-0.4, -0.2) is 52.2 Å². The normalized spacial score (nSPS) is 16.8. The molecule has 0 aliphatic carbocycles. The number of carbonyl (C=O) groups excluding carboxylic acids is 1. The van der Waals surface area contributed by atoms with Gasteiger partial charge < -0.3 is 10.2 Å². The van der Waals surface area contributed by atoms with Crippen LogP contribution in [0.4, 0.5) is 5.69 Å². The summed E-state index contributed by atoms with van der Waals surface area (Å²) in [5, 5.41) is 3.10. The van der Waals surface area contributed by atoms with Gasteiger partial charge >= 0.3 is 0 Å². The molecule has 1 aromatic rings. The summed E-state index contributed by atoms with van der Waals surface area (Å²) in [5.74, 6) is 0.460. The van der Waals surface area contributed by atoms with Gasteiger partial charge in [0.25, 0.3) is 5.91 Å². The molecule has 0 atom stereocenters. The summed E-state index contributed by atoms with van der Waals surface area (Å²) in [5.41, 5.74) is 0.685. The van der Waals surface area contributed by atoms with Crippen molar-refractivity contribution in [2.45, 2.75) is 19.3 Å². The van der Waals surface area contributed by atoms with Crippen molar-refractivity contribution in [1.82, 2.24) is 10.2 Å². The molecule has 1 saturated heterocycles. The Balaban J connectivity index is 1.85. The van der Waals surface area contributed by atoms with Crippen LogP contribution in [0.3, 0.4) is 0 Å². The molecule has 0 unspecified atom stereocenters. The van der Waals surface area contributed by atoms with E-state index in [4.69, 9.17) is 11.6 Å². The highest BCUT2D eigenvalue weighted by atomic mass is 35.5. The Hall–Kier alpha value is -1.31. The molecule has 2 rings (SSSR count). The van der Waals surface area contributed by atoms with Gasteiger partial charge in [-0.1, -0.05) is 11.6 Å². The molecular formula is C16H24ClN3O3S. The van der Waals surface area contributed by atoms with Crippen molar-refractivity contribution in [2.75, 3.05) is 37.7 Å². The maximum Gasteiger partial charge on any atom is 0.251 e. The summed E-state index contributed by atoms with van der Waals surface area (Å²) in [7, 11) is -1.27. The molecule has 0 bridgehead atoms. The van der Waals surface area contributed by atoms with Crippen LogP contribution in [0.25, 0.3) is 0 Å². The van der Waals surface area contributed by atoms with E-state index in [0.717, 1.165) is 25.8 Å². The van der Waals surface area contributed by atoms with Gasteiger partial charge in [0, 0.05) is 12.1 Å². The van der Waals surface area contributed by atoms with E-state index in [9.17, 15) is 13.2 Å². The van der Waals surface area contributed by atoms with E-state index in [1.165, 1.54) is 25.0 Å². The second-order valence-electron chi connectivity index (χ2n) is 6.36. The third kappa shape index (κ3) is 5.96. The molecule has 0 saturated carbocycles. The van der Waals surface area contributed by atoms with Gasteiger partial charge in [0.2, 0.25) is 10.0 Å². The summed E-state index contributed by atoms with van der Waals surface area (Å²) < 4.78 is 24.8. The zero-order chi connectivity index (χ0) is 17.7. The summed E-state index contributed by atoms with van der Waals surface area (Å²) in [6, 6.07) is 4.53. The third-order valence-electron chi connectivity index (χ3n) is 4.20. The van der Waals surface area contributed by atoms with Gasteiger partial charge in [-0.25, -0.2) is 8.42 Å². The van der Waals surface area contributed by atoms with E-state index in [0.29, 0.717) is 18.0 Å². The highest BCUT2D eigenvalue weighted by Crippen LogP contribution is 2.24. The summed E-state index contributed by atoms with van der Waals surface area (Å²) in [6.45, 7) is 2.86. The van der Waals surface area contributed by atoms with Gasteiger partial charge in [0.05, 0.1) is 17.0 Å². The van der Waals surface area contributed by atoms with Crippen molar-refractivity contribution >= 4 is 33.2 Å². The van der Waals surface area contributed by atoms with Crippen molar-refractivity contribution in [1.29, 1.82) is 0 Å². The molecule has 1 heterocycles. The van der Waals surface area contributed by atoms with Crippen LogP contribution in [0, 0.1) is 5.92 Å². The molecule has 0 aromatic heterocycles. The van der Waals surface area contributed by atoms with Crippen LogP contribution in [0.1, 0.15) is 29.6 Å². The molecule has 1 aromatic carbocycles. The number of sulfonamides is 1. The smallest absolute Gasteiger partial charge is 0.251 e. The molecule has 0 spiro atoms. The number of piperidine rings is 1. The molecule has 8 heteroatoms. The van der Waals surface area contributed by atoms with Gasteiger partial charge in [-0.15, -0.1) is 0 Å². The molecule has 1 aliphatic rings. The topological polar surface area (TPSA) is 78.5 Å². The Morgan fingerprint density at radius 1 is 1.33 bits per heavy atom. The van der Waals surface area contributed by atoms with Crippen LogP contribution in [0.5, 0.6) is 0 Å². The Labute approximate surface area is 148 Å². The van der Waals surface area contributed by atoms with Crippen LogP contribution >= 0.6 is 11.6 Å². The maximum atomic E-state index is 12.2. The molecule has 24 heavy (non-hydrogen) atoms. The number of hydrogen-bond donors (Lipinski definition) is 2. The lowest BCUT2D eigenvalue weighted by Crippen LogP contribution is -2.32. The van der Waals surface area contributed by atoms with Gasteiger partial charge in [0.15, 0.2) is 0 Å². The quantitative estimate of drug-likeness (QED) is 0.801. The fourth-order valence-corrected chi connectivity index (χ4v) is 3.64. The minimum absolute atomic E-state index is 0.198. The average molecular weight is 374 g/mol. The van der Waals surface area contributed by atoms with E-state index in [-0.39, 0.29) is 16.6 Å². The van der Waals surface area contributed by atoms with Crippen molar-refractivity contribution < 1.29 is 13.2 Å². The van der Waals surface area contributed by atoms with E-state index in [2.05, 4.69) is 22.0 Å². The van der Waals surface area contributed by atoms with Gasteiger partial charge in [-0.05, 0) is 63.5 Å². The molecule has 0 radical (unpaired) electrons. The Bertz CT molecular complexity index is 686. The van der Waals surface area contributed by atoms with Crippen LogP contribution in [0.15, 0.2) is 18.2 Å². The number of anilines is 1. The Kier molecular flexibility index (Phi) is 6.48. The van der Waals surface area contributed by atoms with E-state index in [1.54, 1.807) is 6.07 Å². The lowest BCUT2D eigenvalue weighted by atomic mass is 9.94. The predicted molar refractivity (Wildman–Crippen MR) is 97.1 cm³/mol. The number of carbonyl (C=O) groups is 1. The Morgan fingerprint density at radius 3 is 2.58 bits per heavy atom. The largest absolute Gasteiger partial charge is 0.352 e. The van der Waals surface area contributed by atoms with E-state index < -0.39 is 10.0 Å².